The van der Waals surface area contributed by atoms with Gasteiger partial charge in [0.05, 0.1) is 11.5 Å². The molecule has 0 spiro atoms. The van der Waals surface area contributed by atoms with Crippen molar-refractivity contribution in [2.45, 2.75) is 24.7 Å². The lowest BCUT2D eigenvalue weighted by Gasteiger charge is -2.26. The van der Waals surface area contributed by atoms with E-state index >= 15 is 0 Å². The van der Waals surface area contributed by atoms with Crippen LogP contribution in [0.15, 0.2) is 24.3 Å². The molecule has 1 aromatic carbocycles. The Labute approximate surface area is 108 Å². The van der Waals surface area contributed by atoms with E-state index in [-0.39, 0.29) is 0 Å². The number of hydrogen-bond donors (Lipinski definition) is 0. The fourth-order valence-electron chi connectivity index (χ4n) is 2.56. The van der Waals surface area contributed by atoms with Crippen molar-refractivity contribution in [1.82, 2.24) is 4.90 Å². The van der Waals surface area contributed by atoms with Gasteiger partial charge in [-0.3, -0.25) is 0 Å². The fourth-order valence-corrected chi connectivity index (χ4v) is 2.88. The molecule has 3 heteroatoms. The van der Waals surface area contributed by atoms with Crippen LogP contribution in [0.2, 0.25) is 5.02 Å². The lowest BCUT2D eigenvalue weighted by molar-refractivity contribution is 0.342. The summed E-state index contributed by atoms with van der Waals surface area (Å²) in [6.07, 6.45) is 2.82. The third kappa shape index (κ3) is 2.46. The largest absolute Gasteiger partial charge is 0.306 e. The van der Waals surface area contributed by atoms with Gasteiger partial charge in [0.25, 0.3) is 0 Å². The first-order chi connectivity index (χ1) is 8.18. The second-order valence-corrected chi connectivity index (χ2v) is 5.24. The van der Waals surface area contributed by atoms with Gasteiger partial charge in [0.2, 0.25) is 0 Å². The summed E-state index contributed by atoms with van der Waals surface area (Å²) in [5, 5.41) is 10.3. The van der Waals surface area contributed by atoms with Gasteiger partial charge in [-0.25, -0.2) is 0 Å². The summed E-state index contributed by atoms with van der Waals surface area (Å²) < 4.78 is 0. The van der Waals surface area contributed by atoms with Crippen LogP contribution in [0.5, 0.6) is 0 Å². The number of likely N-dealkylation sites (tertiary alicyclic amines) is 1. The highest BCUT2D eigenvalue weighted by Gasteiger charge is 2.35. The molecule has 90 valence electrons. The van der Waals surface area contributed by atoms with Crippen molar-refractivity contribution in [1.29, 1.82) is 5.26 Å². The molecule has 1 fully saturated rings. The molecule has 0 aromatic heterocycles. The van der Waals surface area contributed by atoms with Gasteiger partial charge in [0, 0.05) is 5.02 Å². The molecule has 0 aliphatic carbocycles. The van der Waals surface area contributed by atoms with Crippen molar-refractivity contribution in [2.75, 3.05) is 20.1 Å². The SMILES string of the molecule is CN1CCCC(C#N)(c2ccccc2Cl)CC1. The van der Waals surface area contributed by atoms with E-state index in [9.17, 15) is 5.26 Å². The molecule has 1 aromatic rings. The maximum atomic E-state index is 9.60. The van der Waals surface area contributed by atoms with Crippen molar-refractivity contribution < 1.29 is 0 Å². The standard InChI is InChI=1S/C14H17ClN2/c1-17-9-4-7-14(11-16,8-10-17)12-5-2-3-6-13(12)15/h2-3,5-6H,4,7-10H2,1H3. The predicted octanol–water partition coefficient (Wildman–Crippen LogP) is 3.22. The highest BCUT2D eigenvalue weighted by atomic mass is 35.5. The van der Waals surface area contributed by atoms with Crippen molar-refractivity contribution in [3.8, 4) is 6.07 Å². The van der Waals surface area contributed by atoms with Gasteiger partial charge < -0.3 is 4.90 Å². The summed E-state index contributed by atoms with van der Waals surface area (Å²) in [6, 6.07) is 10.3. The lowest BCUT2D eigenvalue weighted by atomic mass is 9.76. The molecule has 2 rings (SSSR count). The Morgan fingerprint density at radius 3 is 2.76 bits per heavy atom. The second kappa shape index (κ2) is 5.08. The van der Waals surface area contributed by atoms with Gasteiger partial charge in [-0.2, -0.15) is 5.26 Å². The molecule has 1 saturated heterocycles. The molecule has 1 aliphatic rings. The summed E-state index contributed by atoms with van der Waals surface area (Å²) in [4.78, 5) is 2.29. The van der Waals surface area contributed by atoms with E-state index in [1.807, 2.05) is 24.3 Å². The quantitative estimate of drug-likeness (QED) is 0.763. The maximum Gasteiger partial charge on any atom is 0.0849 e. The van der Waals surface area contributed by atoms with Crippen molar-refractivity contribution in [2.24, 2.45) is 0 Å². The van der Waals surface area contributed by atoms with Crippen LogP contribution < -0.4 is 0 Å². The molecule has 17 heavy (non-hydrogen) atoms. The molecule has 0 radical (unpaired) electrons. The molecule has 1 unspecified atom stereocenters. The first-order valence-corrected chi connectivity index (χ1v) is 6.40. The van der Waals surface area contributed by atoms with Crippen LogP contribution in [-0.2, 0) is 5.41 Å². The Morgan fingerprint density at radius 2 is 2.06 bits per heavy atom. The minimum atomic E-state index is -0.400. The third-order valence-corrected chi connectivity index (χ3v) is 4.00. The minimum absolute atomic E-state index is 0.400. The number of nitrogens with zero attached hydrogens (tertiary/aromatic N) is 2. The number of nitriles is 1. The van der Waals surface area contributed by atoms with Crippen LogP contribution in [0.4, 0.5) is 0 Å². The number of halogens is 1. The number of benzene rings is 1. The van der Waals surface area contributed by atoms with E-state index in [0.29, 0.717) is 0 Å². The maximum absolute atomic E-state index is 9.60. The first kappa shape index (κ1) is 12.4. The number of hydrogen-bond acceptors (Lipinski definition) is 2. The van der Waals surface area contributed by atoms with Gasteiger partial charge >= 0.3 is 0 Å². The van der Waals surface area contributed by atoms with E-state index in [4.69, 9.17) is 11.6 Å². The Kier molecular flexibility index (Phi) is 3.71. The van der Waals surface area contributed by atoms with E-state index in [0.717, 1.165) is 42.9 Å². The van der Waals surface area contributed by atoms with E-state index in [1.165, 1.54) is 0 Å². The average Bonchev–Trinajstić information content (AvgIpc) is 2.53. The van der Waals surface area contributed by atoms with Crippen LogP contribution in [0.3, 0.4) is 0 Å². The molecule has 0 saturated carbocycles. The summed E-state index contributed by atoms with van der Waals surface area (Å²) in [5.41, 5.74) is 0.600. The van der Waals surface area contributed by atoms with Crippen LogP contribution >= 0.6 is 11.6 Å². The van der Waals surface area contributed by atoms with Crippen LogP contribution in [0, 0.1) is 11.3 Å². The van der Waals surface area contributed by atoms with E-state index < -0.39 is 5.41 Å². The molecular formula is C14H17ClN2. The van der Waals surface area contributed by atoms with Crippen LogP contribution in [0.1, 0.15) is 24.8 Å². The highest BCUT2D eigenvalue weighted by Crippen LogP contribution is 2.38. The predicted molar refractivity (Wildman–Crippen MR) is 70.1 cm³/mol. The molecule has 2 nitrogen and oxygen atoms in total. The molecular weight excluding hydrogens is 232 g/mol. The fraction of sp³-hybridized carbons (Fsp3) is 0.500. The lowest BCUT2D eigenvalue weighted by Crippen LogP contribution is -2.26. The smallest absolute Gasteiger partial charge is 0.0849 e. The zero-order valence-corrected chi connectivity index (χ0v) is 10.9. The summed E-state index contributed by atoms with van der Waals surface area (Å²) in [5.74, 6) is 0. The normalized spacial score (nSPS) is 26.2. The van der Waals surface area contributed by atoms with Crippen LogP contribution in [0.25, 0.3) is 0 Å². The Bertz CT molecular complexity index is 438. The van der Waals surface area contributed by atoms with Crippen LogP contribution in [-0.4, -0.2) is 25.0 Å². The van der Waals surface area contributed by atoms with Gasteiger partial charge in [0.15, 0.2) is 0 Å². The van der Waals surface area contributed by atoms with Gasteiger partial charge in [-0.1, -0.05) is 29.8 Å². The van der Waals surface area contributed by atoms with Crippen molar-refractivity contribution in [3.05, 3.63) is 34.9 Å². The Morgan fingerprint density at radius 1 is 1.29 bits per heavy atom. The van der Waals surface area contributed by atoms with Crippen molar-refractivity contribution >= 4 is 11.6 Å². The van der Waals surface area contributed by atoms with Gasteiger partial charge in [-0.15, -0.1) is 0 Å². The van der Waals surface area contributed by atoms with Gasteiger partial charge in [0.1, 0.15) is 0 Å². The molecule has 0 N–H and O–H groups in total. The van der Waals surface area contributed by atoms with Crippen molar-refractivity contribution in [3.63, 3.8) is 0 Å². The first-order valence-electron chi connectivity index (χ1n) is 6.03. The average molecular weight is 249 g/mol. The van der Waals surface area contributed by atoms with E-state index in [2.05, 4.69) is 18.0 Å². The highest BCUT2D eigenvalue weighted by molar-refractivity contribution is 6.31. The zero-order valence-electron chi connectivity index (χ0n) is 10.1. The molecule has 1 aliphatic heterocycles. The third-order valence-electron chi connectivity index (χ3n) is 3.67. The zero-order chi connectivity index (χ0) is 12.3. The molecule has 1 heterocycles. The monoisotopic (exact) mass is 248 g/mol. The van der Waals surface area contributed by atoms with Gasteiger partial charge in [-0.05, 0) is 51.0 Å². The summed E-state index contributed by atoms with van der Waals surface area (Å²) in [6.45, 7) is 2.02. The topological polar surface area (TPSA) is 27.0 Å². The minimum Gasteiger partial charge on any atom is -0.306 e. The van der Waals surface area contributed by atoms with E-state index in [1.54, 1.807) is 0 Å². The summed E-state index contributed by atoms with van der Waals surface area (Å²) in [7, 11) is 2.11. The Balaban J connectivity index is 2.38. The summed E-state index contributed by atoms with van der Waals surface area (Å²) >= 11 is 6.25. The second-order valence-electron chi connectivity index (χ2n) is 4.83. The molecule has 0 amide bonds. The molecule has 1 atom stereocenters. The molecule has 0 bridgehead atoms. The Hall–Kier alpha value is -1.04. The number of rotatable bonds is 1.